The quantitative estimate of drug-likeness (QED) is 0.190. The van der Waals surface area contributed by atoms with E-state index in [9.17, 15) is 0 Å². The van der Waals surface area contributed by atoms with E-state index in [1.54, 1.807) is 7.11 Å². The van der Waals surface area contributed by atoms with Crippen molar-refractivity contribution in [2.24, 2.45) is 12.0 Å². The van der Waals surface area contributed by atoms with E-state index in [4.69, 9.17) is 14.2 Å². The average molecular weight is 510 g/mol. The van der Waals surface area contributed by atoms with Crippen molar-refractivity contribution in [3.63, 3.8) is 0 Å². The number of rotatable bonds is 12. The molecule has 28 heavy (non-hydrogen) atoms. The zero-order valence-corrected chi connectivity index (χ0v) is 19.6. The van der Waals surface area contributed by atoms with Gasteiger partial charge in [0.1, 0.15) is 12.4 Å². The van der Waals surface area contributed by atoms with Crippen LogP contribution in [0.15, 0.2) is 4.99 Å². The molecule has 1 fully saturated rings. The fourth-order valence-corrected chi connectivity index (χ4v) is 2.71. The molecule has 0 aliphatic carbocycles. The fourth-order valence-electron chi connectivity index (χ4n) is 2.71. The van der Waals surface area contributed by atoms with Crippen molar-refractivity contribution in [3.8, 4) is 0 Å². The van der Waals surface area contributed by atoms with Crippen LogP contribution in [0.5, 0.6) is 0 Å². The summed E-state index contributed by atoms with van der Waals surface area (Å²) >= 11 is 0. The molecule has 1 aliphatic heterocycles. The van der Waals surface area contributed by atoms with Crippen LogP contribution in [0.3, 0.4) is 0 Å². The van der Waals surface area contributed by atoms with Crippen molar-refractivity contribution < 1.29 is 14.2 Å². The van der Waals surface area contributed by atoms with Crippen molar-refractivity contribution in [3.05, 3.63) is 11.6 Å². The van der Waals surface area contributed by atoms with Gasteiger partial charge < -0.3 is 29.4 Å². The third kappa shape index (κ3) is 9.48. The third-order valence-corrected chi connectivity index (χ3v) is 4.46. The highest BCUT2D eigenvalue weighted by atomic mass is 127. The maximum absolute atomic E-state index is 5.70. The Hall–Kier alpha value is -0.980. The standard InChI is InChI=1S/C18H34N6O3.HI/c1-15-22-23-17(24(15)2)13-21-18(19-8-5-10-25-3)20-9-6-11-26-14-16-7-4-12-27-16;/h16H,4-14H2,1-3H3,(H2,19,20,21);1H. The summed E-state index contributed by atoms with van der Waals surface area (Å²) in [5, 5.41) is 14.9. The Morgan fingerprint density at radius 1 is 1.25 bits per heavy atom. The number of aryl methyl sites for hydroxylation is 1. The van der Waals surface area contributed by atoms with Crippen molar-refractivity contribution in [2.45, 2.75) is 45.3 Å². The summed E-state index contributed by atoms with van der Waals surface area (Å²) in [5.74, 6) is 2.49. The highest BCUT2D eigenvalue weighted by Crippen LogP contribution is 2.11. The fraction of sp³-hybridized carbons (Fsp3) is 0.833. The monoisotopic (exact) mass is 510 g/mol. The van der Waals surface area contributed by atoms with E-state index in [-0.39, 0.29) is 30.1 Å². The normalized spacial score (nSPS) is 16.8. The number of aromatic nitrogens is 3. The second-order valence-corrected chi connectivity index (χ2v) is 6.65. The molecule has 10 heteroatoms. The Labute approximate surface area is 185 Å². The molecular formula is C18H35IN6O3. The number of halogens is 1. The number of hydrogen-bond donors (Lipinski definition) is 2. The number of methoxy groups -OCH3 is 1. The molecule has 0 bridgehead atoms. The van der Waals surface area contributed by atoms with E-state index in [2.05, 4.69) is 25.8 Å². The molecule has 9 nitrogen and oxygen atoms in total. The Morgan fingerprint density at radius 2 is 2.00 bits per heavy atom. The van der Waals surface area contributed by atoms with Crippen molar-refractivity contribution in [1.29, 1.82) is 0 Å². The minimum Gasteiger partial charge on any atom is -0.385 e. The van der Waals surface area contributed by atoms with Crippen LogP contribution < -0.4 is 10.6 Å². The van der Waals surface area contributed by atoms with Crippen LogP contribution in [0.1, 0.15) is 37.3 Å². The largest absolute Gasteiger partial charge is 0.385 e. The summed E-state index contributed by atoms with van der Waals surface area (Å²) in [6.45, 7) is 7.00. The predicted molar refractivity (Wildman–Crippen MR) is 119 cm³/mol. The maximum atomic E-state index is 5.70. The van der Waals surface area contributed by atoms with Crippen LogP contribution in [0.2, 0.25) is 0 Å². The van der Waals surface area contributed by atoms with Gasteiger partial charge in [-0.3, -0.25) is 0 Å². The molecule has 2 heterocycles. The summed E-state index contributed by atoms with van der Waals surface area (Å²) in [5.41, 5.74) is 0. The molecular weight excluding hydrogens is 475 g/mol. The Kier molecular flexibility index (Phi) is 13.4. The van der Waals surface area contributed by atoms with E-state index in [0.29, 0.717) is 19.8 Å². The van der Waals surface area contributed by atoms with Gasteiger partial charge in [0.05, 0.1) is 12.7 Å². The first-order valence-electron chi connectivity index (χ1n) is 9.76. The highest BCUT2D eigenvalue weighted by Gasteiger charge is 2.14. The minimum atomic E-state index is 0. The first kappa shape index (κ1) is 25.1. The van der Waals surface area contributed by atoms with E-state index in [0.717, 1.165) is 69.6 Å². The summed E-state index contributed by atoms with van der Waals surface area (Å²) in [6.07, 6.45) is 4.38. The Bertz CT molecular complexity index is 564. The number of hydrogen-bond acceptors (Lipinski definition) is 6. The van der Waals surface area contributed by atoms with Gasteiger partial charge in [-0.25, -0.2) is 4.99 Å². The van der Waals surface area contributed by atoms with Gasteiger partial charge >= 0.3 is 0 Å². The molecule has 1 aliphatic rings. The summed E-state index contributed by atoms with van der Waals surface area (Å²) < 4.78 is 18.3. The molecule has 0 radical (unpaired) electrons. The second-order valence-electron chi connectivity index (χ2n) is 6.65. The van der Waals surface area contributed by atoms with Crippen LogP contribution in [-0.2, 0) is 27.8 Å². The number of guanidine groups is 1. The van der Waals surface area contributed by atoms with Gasteiger partial charge in [-0.15, -0.1) is 34.2 Å². The lowest BCUT2D eigenvalue weighted by molar-refractivity contribution is 0.0168. The lowest BCUT2D eigenvalue weighted by Crippen LogP contribution is -2.39. The van der Waals surface area contributed by atoms with Crippen LogP contribution in [0, 0.1) is 6.92 Å². The molecule has 2 N–H and O–H groups in total. The van der Waals surface area contributed by atoms with Crippen molar-refractivity contribution >= 4 is 29.9 Å². The van der Waals surface area contributed by atoms with Crippen LogP contribution in [-0.4, -0.2) is 73.5 Å². The van der Waals surface area contributed by atoms with Crippen LogP contribution in [0.25, 0.3) is 0 Å². The first-order chi connectivity index (χ1) is 13.2. The molecule has 0 aromatic carbocycles. The number of nitrogens with one attached hydrogen (secondary N) is 2. The van der Waals surface area contributed by atoms with E-state index < -0.39 is 0 Å². The molecule has 1 unspecified atom stereocenters. The van der Waals surface area contributed by atoms with Gasteiger partial charge in [0, 0.05) is 47.1 Å². The van der Waals surface area contributed by atoms with Gasteiger partial charge in [-0.05, 0) is 32.6 Å². The van der Waals surface area contributed by atoms with Gasteiger partial charge in [-0.2, -0.15) is 0 Å². The summed E-state index contributed by atoms with van der Waals surface area (Å²) in [6, 6.07) is 0. The SMILES string of the molecule is COCCCNC(=NCc1nnc(C)n1C)NCCCOCC1CCCO1.I. The molecule has 0 saturated carbocycles. The van der Waals surface area contributed by atoms with Crippen LogP contribution in [0.4, 0.5) is 0 Å². The van der Waals surface area contributed by atoms with E-state index in [1.165, 1.54) is 0 Å². The highest BCUT2D eigenvalue weighted by molar-refractivity contribution is 14.0. The maximum Gasteiger partial charge on any atom is 0.191 e. The Morgan fingerprint density at radius 3 is 2.61 bits per heavy atom. The lowest BCUT2D eigenvalue weighted by Gasteiger charge is -2.13. The number of aliphatic imine (C=N–C) groups is 1. The molecule has 1 aromatic heterocycles. The molecule has 0 amide bonds. The number of nitrogens with zero attached hydrogens (tertiary/aromatic N) is 4. The smallest absolute Gasteiger partial charge is 0.191 e. The first-order valence-corrected chi connectivity index (χ1v) is 9.76. The van der Waals surface area contributed by atoms with E-state index >= 15 is 0 Å². The molecule has 1 aromatic rings. The summed E-state index contributed by atoms with van der Waals surface area (Å²) in [7, 11) is 3.66. The topological polar surface area (TPSA) is 94.8 Å². The Balaban J connectivity index is 0.00000392. The van der Waals surface area contributed by atoms with Gasteiger partial charge in [0.2, 0.25) is 0 Å². The summed E-state index contributed by atoms with van der Waals surface area (Å²) in [4.78, 5) is 4.62. The van der Waals surface area contributed by atoms with E-state index in [1.807, 2.05) is 18.5 Å². The van der Waals surface area contributed by atoms with Gasteiger partial charge in [0.25, 0.3) is 0 Å². The zero-order valence-electron chi connectivity index (χ0n) is 17.3. The minimum absolute atomic E-state index is 0. The molecule has 1 saturated heterocycles. The van der Waals surface area contributed by atoms with Gasteiger partial charge in [0.15, 0.2) is 11.8 Å². The molecule has 2 rings (SSSR count). The third-order valence-electron chi connectivity index (χ3n) is 4.46. The second kappa shape index (κ2) is 14.9. The van der Waals surface area contributed by atoms with Crippen LogP contribution >= 0.6 is 24.0 Å². The predicted octanol–water partition coefficient (Wildman–Crippen LogP) is 1.40. The van der Waals surface area contributed by atoms with Crippen molar-refractivity contribution in [1.82, 2.24) is 25.4 Å². The number of ether oxygens (including phenoxy) is 3. The van der Waals surface area contributed by atoms with Crippen molar-refractivity contribution in [2.75, 3.05) is 46.6 Å². The average Bonchev–Trinajstić information content (AvgIpc) is 3.30. The molecule has 1 atom stereocenters. The van der Waals surface area contributed by atoms with Gasteiger partial charge in [-0.1, -0.05) is 0 Å². The zero-order chi connectivity index (χ0) is 19.3. The molecule has 0 spiro atoms. The molecule has 162 valence electrons. The lowest BCUT2D eigenvalue weighted by atomic mass is 10.2.